The molecule has 0 aromatic heterocycles. The normalized spacial score (nSPS) is 14.8. The summed E-state index contributed by atoms with van der Waals surface area (Å²) in [6.07, 6.45) is 1.04. The van der Waals surface area contributed by atoms with Gasteiger partial charge >= 0.3 is 17.6 Å². The Kier molecular flexibility index (Phi) is 14.3. The smallest absolute Gasteiger partial charge is 0.397 e. The Morgan fingerprint density at radius 3 is 1.67 bits per heavy atom. The van der Waals surface area contributed by atoms with Gasteiger partial charge in [0.1, 0.15) is 0 Å². The molecule has 1 unspecified atom stereocenters. The summed E-state index contributed by atoms with van der Waals surface area (Å²) < 4.78 is 37.8. The Labute approximate surface area is 146 Å². The SMILES string of the molecule is CO[Si](CO)(CCCOCCOCCCO)O[Si](OC)(OC)OC. The van der Waals surface area contributed by atoms with Crippen molar-refractivity contribution in [1.82, 2.24) is 0 Å². The maximum absolute atomic E-state index is 9.74. The van der Waals surface area contributed by atoms with Crippen LogP contribution in [0, 0.1) is 0 Å². The van der Waals surface area contributed by atoms with Crippen molar-refractivity contribution in [2.45, 2.75) is 18.9 Å². The minimum absolute atomic E-state index is 0.126. The maximum Gasteiger partial charge on any atom is 0.669 e. The highest BCUT2D eigenvalue weighted by atomic mass is 28.5. The van der Waals surface area contributed by atoms with Crippen LogP contribution < -0.4 is 0 Å². The summed E-state index contributed by atoms with van der Waals surface area (Å²) in [5.74, 6) is 0. The molecule has 0 fully saturated rings. The third-order valence-electron chi connectivity index (χ3n) is 3.34. The van der Waals surface area contributed by atoms with E-state index in [9.17, 15) is 5.11 Å². The highest BCUT2D eigenvalue weighted by molar-refractivity contribution is 6.76. The zero-order chi connectivity index (χ0) is 18.3. The van der Waals surface area contributed by atoms with Crippen LogP contribution in [-0.2, 0) is 31.3 Å². The molecule has 0 rings (SSSR count). The van der Waals surface area contributed by atoms with E-state index in [1.165, 1.54) is 28.4 Å². The van der Waals surface area contributed by atoms with E-state index in [-0.39, 0.29) is 12.8 Å². The largest absolute Gasteiger partial charge is 0.669 e. The molecule has 0 aromatic carbocycles. The minimum Gasteiger partial charge on any atom is -0.397 e. The van der Waals surface area contributed by atoms with Crippen molar-refractivity contribution in [3.8, 4) is 0 Å². The number of hydrogen-bond acceptors (Lipinski definition) is 9. The van der Waals surface area contributed by atoms with E-state index in [2.05, 4.69) is 0 Å². The van der Waals surface area contributed by atoms with Gasteiger partial charge in [-0.15, -0.1) is 0 Å². The Balaban J connectivity index is 4.19. The molecule has 0 radical (unpaired) electrons. The van der Waals surface area contributed by atoms with Gasteiger partial charge in [-0.25, -0.2) is 0 Å². The predicted molar refractivity (Wildman–Crippen MR) is 90.5 cm³/mol. The topological polar surface area (TPSA) is 105 Å². The molecule has 0 heterocycles. The van der Waals surface area contributed by atoms with Crippen molar-refractivity contribution in [2.24, 2.45) is 0 Å². The minimum atomic E-state index is -3.29. The fraction of sp³-hybridized carbons (Fsp3) is 1.00. The molecule has 0 spiro atoms. The highest BCUT2D eigenvalue weighted by Crippen LogP contribution is 2.22. The number of ether oxygens (including phenoxy) is 2. The second kappa shape index (κ2) is 14.3. The lowest BCUT2D eigenvalue weighted by molar-refractivity contribution is 0.0293. The molecule has 11 heteroatoms. The van der Waals surface area contributed by atoms with Crippen LogP contribution in [0.1, 0.15) is 12.8 Å². The Bertz CT molecular complexity index is 280. The molecule has 0 amide bonds. The Hall–Kier alpha value is 0.0738. The van der Waals surface area contributed by atoms with E-state index in [1.807, 2.05) is 0 Å². The van der Waals surface area contributed by atoms with E-state index >= 15 is 0 Å². The molecule has 0 aliphatic heterocycles. The molecule has 0 saturated heterocycles. The first-order chi connectivity index (χ1) is 11.6. The van der Waals surface area contributed by atoms with E-state index in [4.69, 9.17) is 36.4 Å². The van der Waals surface area contributed by atoms with E-state index in [1.54, 1.807) is 0 Å². The molecule has 0 aromatic rings. The van der Waals surface area contributed by atoms with Gasteiger partial charge < -0.3 is 41.5 Å². The molecule has 0 bridgehead atoms. The second-order valence-electron chi connectivity index (χ2n) is 4.89. The van der Waals surface area contributed by atoms with Crippen LogP contribution in [0.4, 0.5) is 0 Å². The number of aliphatic hydroxyl groups is 2. The quantitative estimate of drug-likeness (QED) is 0.259. The lowest BCUT2D eigenvalue weighted by Crippen LogP contribution is -2.59. The summed E-state index contributed by atoms with van der Waals surface area (Å²) in [6, 6.07) is 0.510. The van der Waals surface area contributed by atoms with Gasteiger partial charge in [-0.3, -0.25) is 0 Å². The van der Waals surface area contributed by atoms with Crippen LogP contribution in [0.2, 0.25) is 6.04 Å². The summed E-state index contributed by atoms with van der Waals surface area (Å²) in [6.45, 7) is 2.10. The summed E-state index contributed by atoms with van der Waals surface area (Å²) in [7, 11) is -0.412. The number of aliphatic hydroxyl groups excluding tert-OH is 2. The van der Waals surface area contributed by atoms with Crippen molar-refractivity contribution in [1.29, 1.82) is 0 Å². The third kappa shape index (κ3) is 8.96. The summed E-state index contributed by atoms with van der Waals surface area (Å²) >= 11 is 0. The average molecular weight is 389 g/mol. The zero-order valence-electron chi connectivity index (χ0n) is 15.1. The van der Waals surface area contributed by atoms with Crippen LogP contribution in [0.5, 0.6) is 0 Å². The molecule has 0 aliphatic rings. The molecule has 2 N–H and O–H groups in total. The van der Waals surface area contributed by atoms with Crippen LogP contribution in [0.15, 0.2) is 0 Å². The van der Waals surface area contributed by atoms with E-state index in [0.717, 1.165) is 0 Å². The van der Waals surface area contributed by atoms with Gasteiger partial charge in [-0.2, -0.15) is 0 Å². The van der Waals surface area contributed by atoms with Crippen LogP contribution in [0.25, 0.3) is 0 Å². The van der Waals surface area contributed by atoms with Gasteiger partial charge in [0.2, 0.25) is 0 Å². The molecular weight excluding hydrogens is 356 g/mol. The second-order valence-corrected chi connectivity index (χ2v) is 11.0. The van der Waals surface area contributed by atoms with Gasteiger partial charge in [0.25, 0.3) is 0 Å². The Morgan fingerprint density at radius 1 is 0.708 bits per heavy atom. The molecule has 0 saturated carbocycles. The van der Waals surface area contributed by atoms with Crippen molar-refractivity contribution >= 4 is 17.6 Å². The van der Waals surface area contributed by atoms with Gasteiger partial charge in [0.15, 0.2) is 0 Å². The van der Waals surface area contributed by atoms with Crippen LogP contribution in [0.3, 0.4) is 0 Å². The zero-order valence-corrected chi connectivity index (χ0v) is 17.1. The average Bonchev–Trinajstić information content (AvgIpc) is 2.63. The van der Waals surface area contributed by atoms with Crippen molar-refractivity contribution < 1.29 is 41.5 Å². The number of rotatable bonds is 17. The van der Waals surface area contributed by atoms with E-state index in [0.29, 0.717) is 45.3 Å². The molecule has 146 valence electrons. The van der Waals surface area contributed by atoms with Gasteiger partial charge in [0, 0.05) is 48.3 Å². The lowest BCUT2D eigenvalue weighted by atomic mass is 10.5. The molecule has 9 nitrogen and oxygen atoms in total. The van der Waals surface area contributed by atoms with Crippen molar-refractivity contribution in [3.63, 3.8) is 0 Å². The van der Waals surface area contributed by atoms with E-state index < -0.39 is 17.6 Å². The van der Waals surface area contributed by atoms with Gasteiger partial charge in [-0.1, -0.05) is 0 Å². The van der Waals surface area contributed by atoms with Crippen LogP contribution >= 0.6 is 0 Å². The lowest BCUT2D eigenvalue weighted by Gasteiger charge is -2.34. The van der Waals surface area contributed by atoms with Crippen molar-refractivity contribution in [2.75, 3.05) is 67.7 Å². The summed E-state index contributed by atoms with van der Waals surface area (Å²) in [5, 5.41) is 18.4. The molecule has 1 atom stereocenters. The fourth-order valence-electron chi connectivity index (χ4n) is 1.91. The maximum atomic E-state index is 9.74. The monoisotopic (exact) mass is 388 g/mol. The van der Waals surface area contributed by atoms with Gasteiger partial charge in [-0.05, 0) is 18.9 Å². The Morgan fingerprint density at radius 2 is 1.25 bits per heavy atom. The highest BCUT2D eigenvalue weighted by Gasteiger charge is 2.52. The predicted octanol–water partition coefficient (Wildman–Crippen LogP) is -0.196. The first-order valence-corrected chi connectivity index (χ1v) is 11.7. The first-order valence-electron chi connectivity index (χ1n) is 7.85. The first kappa shape index (κ1) is 24.1. The van der Waals surface area contributed by atoms with Crippen LogP contribution in [-0.4, -0.2) is 95.5 Å². The summed E-state index contributed by atoms with van der Waals surface area (Å²) in [5.41, 5.74) is 0. The number of hydrogen-bond donors (Lipinski definition) is 2. The van der Waals surface area contributed by atoms with Crippen molar-refractivity contribution in [3.05, 3.63) is 0 Å². The summed E-state index contributed by atoms with van der Waals surface area (Å²) in [4.78, 5) is 0. The molecule has 24 heavy (non-hydrogen) atoms. The van der Waals surface area contributed by atoms with Gasteiger partial charge in [0.05, 0.1) is 19.4 Å². The fourth-order valence-corrected chi connectivity index (χ4v) is 7.40. The molecule has 0 aliphatic carbocycles. The standard InChI is InChI=1S/C13H32O9Si2/c1-16-23(13-15,22-24(17-2,18-3)19-4)12-6-9-21-11-10-20-8-5-7-14/h14-15H,5-13H2,1-4H3. The third-order valence-corrected chi connectivity index (χ3v) is 9.67. The molecular formula is C13H32O9Si2.